The Hall–Kier alpha value is -2.10. The molecule has 0 unspecified atom stereocenters. The van der Waals surface area contributed by atoms with Crippen LogP contribution in [0.25, 0.3) is 0 Å². The zero-order valence-electron chi connectivity index (χ0n) is 11.4. The van der Waals surface area contributed by atoms with Gasteiger partial charge in [0.05, 0.1) is 5.56 Å². The second kappa shape index (κ2) is 6.73. The molecule has 1 aromatic heterocycles. The predicted molar refractivity (Wildman–Crippen MR) is 76.3 cm³/mol. The third kappa shape index (κ3) is 3.68. The van der Waals surface area contributed by atoms with Gasteiger partial charge in [0, 0.05) is 6.54 Å². The van der Waals surface area contributed by atoms with Crippen LogP contribution in [0.2, 0.25) is 0 Å². The molecule has 0 amide bonds. The minimum atomic E-state index is 0.520. The number of anilines is 1. The van der Waals surface area contributed by atoms with Crippen molar-refractivity contribution < 1.29 is 4.74 Å². The molecule has 0 spiro atoms. The standard InChI is InChI=1S/C15H19N3O/c1-3-9-16-14-12(2)15(18-11-17-14)19-10-13-7-5-4-6-8-13/h4-8,11H,3,9-10H2,1-2H3,(H,16,17,18). The van der Waals surface area contributed by atoms with Crippen molar-refractivity contribution in [2.45, 2.75) is 26.9 Å². The fourth-order valence-electron chi connectivity index (χ4n) is 1.73. The number of ether oxygens (including phenoxy) is 1. The van der Waals surface area contributed by atoms with E-state index in [1.54, 1.807) is 0 Å². The van der Waals surface area contributed by atoms with Crippen molar-refractivity contribution in [3.63, 3.8) is 0 Å². The van der Waals surface area contributed by atoms with E-state index in [0.717, 1.165) is 29.9 Å². The van der Waals surface area contributed by atoms with E-state index >= 15 is 0 Å². The van der Waals surface area contributed by atoms with Gasteiger partial charge in [0.1, 0.15) is 18.8 Å². The molecule has 0 aliphatic heterocycles. The molecule has 0 saturated carbocycles. The van der Waals surface area contributed by atoms with E-state index in [2.05, 4.69) is 22.2 Å². The molecule has 1 heterocycles. The maximum Gasteiger partial charge on any atom is 0.221 e. The summed E-state index contributed by atoms with van der Waals surface area (Å²) < 4.78 is 5.75. The maximum atomic E-state index is 5.75. The number of hydrogen-bond donors (Lipinski definition) is 1. The van der Waals surface area contributed by atoms with Crippen molar-refractivity contribution in [1.82, 2.24) is 9.97 Å². The lowest BCUT2D eigenvalue weighted by Crippen LogP contribution is -2.07. The fraction of sp³-hybridized carbons (Fsp3) is 0.333. The van der Waals surface area contributed by atoms with Crippen LogP contribution in [-0.4, -0.2) is 16.5 Å². The quantitative estimate of drug-likeness (QED) is 0.863. The number of hydrogen-bond acceptors (Lipinski definition) is 4. The van der Waals surface area contributed by atoms with E-state index < -0.39 is 0 Å². The normalized spacial score (nSPS) is 10.2. The van der Waals surface area contributed by atoms with Gasteiger partial charge in [-0.25, -0.2) is 9.97 Å². The van der Waals surface area contributed by atoms with Crippen molar-refractivity contribution in [3.05, 3.63) is 47.8 Å². The molecule has 4 heteroatoms. The summed E-state index contributed by atoms with van der Waals surface area (Å²) in [5.74, 6) is 1.48. The molecule has 0 aliphatic rings. The molecule has 1 N–H and O–H groups in total. The summed E-state index contributed by atoms with van der Waals surface area (Å²) in [5.41, 5.74) is 2.08. The van der Waals surface area contributed by atoms with Gasteiger partial charge in [-0.1, -0.05) is 37.3 Å². The molecule has 2 rings (SSSR count). The number of nitrogens with zero attached hydrogens (tertiary/aromatic N) is 2. The molecule has 1 aromatic carbocycles. The minimum absolute atomic E-state index is 0.520. The van der Waals surface area contributed by atoms with Gasteiger partial charge in [0.15, 0.2) is 0 Å². The SMILES string of the molecule is CCCNc1ncnc(OCc2ccccc2)c1C. The van der Waals surface area contributed by atoms with Crippen LogP contribution >= 0.6 is 0 Å². The summed E-state index contributed by atoms with van der Waals surface area (Å²) in [6, 6.07) is 10.1. The number of benzene rings is 1. The van der Waals surface area contributed by atoms with Gasteiger partial charge < -0.3 is 10.1 Å². The highest BCUT2D eigenvalue weighted by Crippen LogP contribution is 2.21. The summed E-state index contributed by atoms with van der Waals surface area (Å²) in [7, 11) is 0. The molecule has 100 valence electrons. The van der Waals surface area contributed by atoms with E-state index in [9.17, 15) is 0 Å². The lowest BCUT2D eigenvalue weighted by Gasteiger charge is -2.11. The van der Waals surface area contributed by atoms with Crippen molar-refractivity contribution in [2.24, 2.45) is 0 Å². The van der Waals surface area contributed by atoms with Crippen molar-refractivity contribution in [1.29, 1.82) is 0 Å². The zero-order chi connectivity index (χ0) is 13.5. The smallest absolute Gasteiger partial charge is 0.221 e. The lowest BCUT2D eigenvalue weighted by molar-refractivity contribution is 0.291. The van der Waals surface area contributed by atoms with Gasteiger partial charge in [-0.3, -0.25) is 0 Å². The molecule has 19 heavy (non-hydrogen) atoms. The highest BCUT2D eigenvalue weighted by molar-refractivity contribution is 5.47. The van der Waals surface area contributed by atoms with Gasteiger partial charge in [0.2, 0.25) is 5.88 Å². The van der Waals surface area contributed by atoms with Crippen molar-refractivity contribution in [3.8, 4) is 5.88 Å². The third-order valence-corrected chi connectivity index (χ3v) is 2.80. The number of nitrogens with one attached hydrogen (secondary N) is 1. The molecule has 0 bridgehead atoms. The van der Waals surface area contributed by atoms with Crippen LogP contribution in [0.1, 0.15) is 24.5 Å². The minimum Gasteiger partial charge on any atom is -0.472 e. The number of rotatable bonds is 6. The first-order valence-electron chi connectivity index (χ1n) is 6.53. The van der Waals surface area contributed by atoms with Gasteiger partial charge >= 0.3 is 0 Å². The van der Waals surface area contributed by atoms with E-state index in [-0.39, 0.29) is 0 Å². The molecule has 2 aromatic rings. The summed E-state index contributed by atoms with van der Waals surface area (Å²) in [5, 5.41) is 3.27. The van der Waals surface area contributed by atoms with Crippen LogP contribution in [0.5, 0.6) is 5.88 Å². The second-order valence-corrected chi connectivity index (χ2v) is 4.35. The van der Waals surface area contributed by atoms with Crippen molar-refractivity contribution >= 4 is 5.82 Å². The Bertz CT molecular complexity index is 514. The average molecular weight is 257 g/mol. The van der Waals surface area contributed by atoms with Gasteiger partial charge in [0.25, 0.3) is 0 Å². The van der Waals surface area contributed by atoms with E-state index in [1.165, 1.54) is 6.33 Å². The molecule has 0 fully saturated rings. The summed E-state index contributed by atoms with van der Waals surface area (Å²) >= 11 is 0. The van der Waals surface area contributed by atoms with Crippen LogP contribution in [0, 0.1) is 6.92 Å². The molecule has 4 nitrogen and oxygen atoms in total. The molecular formula is C15H19N3O. The largest absolute Gasteiger partial charge is 0.472 e. The van der Waals surface area contributed by atoms with Crippen LogP contribution in [-0.2, 0) is 6.61 Å². The highest BCUT2D eigenvalue weighted by Gasteiger charge is 2.07. The Balaban J connectivity index is 2.04. The third-order valence-electron chi connectivity index (χ3n) is 2.80. The predicted octanol–water partition coefficient (Wildman–Crippen LogP) is 3.19. The van der Waals surface area contributed by atoms with Gasteiger partial charge in [-0.2, -0.15) is 0 Å². The Kier molecular flexibility index (Phi) is 4.72. The summed E-state index contributed by atoms with van der Waals surface area (Å²) in [4.78, 5) is 8.42. The maximum absolute atomic E-state index is 5.75. The monoisotopic (exact) mass is 257 g/mol. The fourth-order valence-corrected chi connectivity index (χ4v) is 1.73. The molecule has 0 atom stereocenters. The Morgan fingerprint density at radius 1 is 1.16 bits per heavy atom. The van der Waals surface area contributed by atoms with Crippen LogP contribution < -0.4 is 10.1 Å². The summed E-state index contributed by atoms with van der Waals surface area (Å²) in [6.07, 6.45) is 2.59. The number of aromatic nitrogens is 2. The van der Waals surface area contributed by atoms with Crippen molar-refractivity contribution in [2.75, 3.05) is 11.9 Å². The topological polar surface area (TPSA) is 47.0 Å². The van der Waals surface area contributed by atoms with Crippen LogP contribution in [0.3, 0.4) is 0 Å². The first kappa shape index (κ1) is 13.3. The Labute approximate surface area is 113 Å². The molecular weight excluding hydrogens is 238 g/mol. The molecule has 0 aliphatic carbocycles. The first-order chi connectivity index (χ1) is 9.31. The molecule has 0 saturated heterocycles. The second-order valence-electron chi connectivity index (χ2n) is 4.35. The average Bonchev–Trinajstić information content (AvgIpc) is 2.46. The van der Waals surface area contributed by atoms with Gasteiger partial charge in [-0.15, -0.1) is 0 Å². The lowest BCUT2D eigenvalue weighted by atomic mass is 10.2. The first-order valence-corrected chi connectivity index (χ1v) is 6.53. The highest BCUT2D eigenvalue weighted by atomic mass is 16.5. The Morgan fingerprint density at radius 2 is 1.95 bits per heavy atom. The summed E-state index contributed by atoms with van der Waals surface area (Å²) in [6.45, 7) is 5.51. The molecule has 0 radical (unpaired) electrons. The van der Waals surface area contributed by atoms with E-state index in [0.29, 0.717) is 12.5 Å². The van der Waals surface area contributed by atoms with Gasteiger partial charge in [-0.05, 0) is 18.9 Å². The zero-order valence-corrected chi connectivity index (χ0v) is 11.4. The van der Waals surface area contributed by atoms with E-state index in [4.69, 9.17) is 4.74 Å². The van der Waals surface area contributed by atoms with Crippen LogP contribution in [0.15, 0.2) is 36.7 Å². The van der Waals surface area contributed by atoms with Crippen LogP contribution in [0.4, 0.5) is 5.82 Å². The van der Waals surface area contributed by atoms with E-state index in [1.807, 2.05) is 37.3 Å². The Morgan fingerprint density at radius 3 is 2.68 bits per heavy atom.